The molecule has 17 heavy (non-hydrogen) atoms. The van der Waals surface area contributed by atoms with Gasteiger partial charge in [-0.05, 0) is 25.7 Å². The molecule has 0 N–H and O–H groups in total. The fraction of sp³-hybridized carbons (Fsp3) is 0.812. The molecule has 0 radical (unpaired) electrons. The van der Waals surface area contributed by atoms with Gasteiger partial charge in [0.1, 0.15) is 6.29 Å². The summed E-state index contributed by atoms with van der Waals surface area (Å²) in [7, 11) is 0. The van der Waals surface area contributed by atoms with Crippen molar-refractivity contribution < 1.29 is 4.79 Å². The fourth-order valence-electron chi connectivity index (χ4n) is 2.01. The van der Waals surface area contributed by atoms with Crippen molar-refractivity contribution in [3.05, 3.63) is 12.2 Å². The summed E-state index contributed by atoms with van der Waals surface area (Å²) in [5.41, 5.74) is 0. The summed E-state index contributed by atoms with van der Waals surface area (Å²) in [4.78, 5) is 10.1. The summed E-state index contributed by atoms with van der Waals surface area (Å²) < 4.78 is 0. The summed E-state index contributed by atoms with van der Waals surface area (Å²) in [6, 6.07) is 0. The van der Waals surface area contributed by atoms with Crippen LogP contribution < -0.4 is 0 Å². The highest BCUT2D eigenvalue weighted by Crippen LogP contribution is 2.11. The van der Waals surface area contributed by atoms with E-state index in [4.69, 9.17) is 0 Å². The van der Waals surface area contributed by atoms with Crippen LogP contribution in [0.3, 0.4) is 0 Å². The first-order valence-electron chi connectivity index (χ1n) is 7.50. The maximum absolute atomic E-state index is 10.1. The van der Waals surface area contributed by atoms with Crippen LogP contribution in [0.1, 0.15) is 84.0 Å². The second-order valence-corrected chi connectivity index (χ2v) is 4.81. The number of hydrogen-bond acceptors (Lipinski definition) is 1. The Morgan fingerprint density at radius 1 is 0.647 bits per heavy atom. The first-order valence-corrected chi connectivity index (χ1v) is 7.50. The highest BCUT2D eigenvalue weighted by atomic mass is 16.1. The molecule has 0 unspecified atom stereocenters. The molecule has 0 fully saturated rings. The first kappa shape index (κ1) is 16.4. The molecular weight excluding hydrogens is 208 g/mol. The van der Waals surface area contributed by atoms with Gasteiger partial charge < -0.3 is 4.79 Å². The lowest BCUT2D eigenvalue weighted by molar-refractivity contribution is -0.107. The Balaban J connectivity index is 2.93. The predicted octanol–water partition coefficient (Wildman–Crippen LogP) is 5.44. The van der Waals surface area contributed by atoms with Crippen molar-refractivity contribution >= 4 is 6.29 Å². The van der Waals surface area contributed by atoms with Crippen molar-refractivity contribution in [1.29, 1.82) is 0 Å². The number of carbonyl (C=O) groups excluding carboxylic acids is 1. The van der Waals surface area contributed by atoms with Gasteiger partial charge in [0.05, 0.1) is 0 Å². The Kier molecular flexibility index (Phi) is 14.9. The smallest absolute Gasteiger partial charge is 0.119 e. The van der Waals surface area contributed by atoms with Crippen molar-refractivity contribution in [3.63, 3.8) is 0 Å². The molecule has 0 atom stereocenters. The third kappa shape index (κ3) is 15.4. The minimum absolute atomic E-state index is 0.755. The predicted molar refractivity (Wildman–Crippen MR) is 76.3 cm³/mol. The van der Waals surface area contributed by atoms with Gasteiger partial charge in [-0.3, -0.25) is 0 Å². The summed E-state index contributed by atoms with van der Waals surface area (Å²) in [6.45, 7) is 2.19. The van der Waals surface area contributed by atoms with Crippen molar-refractivity contribution in [3.8, 4) is 0 Å². The van der Waals surface area contributed by atoms with Gasteiger partial charge in [0.2, 0.25) is 0 Å². The van der Waals surface area contributed by atoms with E-state index in [9.17, 15) is 4.79 Å². The normalized spacial score (nSPS) is 11.1. The van der Waals surface area contributed by atoms with Crippen molar-refractivity contribution in [1.82, 2.24) is 0 Å². The highest BCUT2D eigenvalue weighted by molar-refractivity contribution is 5.48. The van der Waals surface area contributed by atoms with E-state index in [1.165, 1.54) is 64.2 Å². The number of allylic oxidation sites excluding steroid dienone is 2. The first-order chi connectivity index (χ1) is 8.41. The van der Waals surface area contributed by atoms with Crippen LogP contribution in [0.2, 0.25) is 0 Å². The van der Waals surface area contributed by atoms with Crippen LogP contribution in [0, 0.1) is 0 Å². The van der Waals surface area contributed by atoms with Crippen LogP contribution in [0.15, 0.2) is 12.2 Å². The van der Waals surface area contributed by atoms with Gasteiger partial charge >= 0.3 is 0 Å². The minimum atomic E-state index is 0.755. The molecule has 0 saturated carbocycles. The van der Waals surface area contributed by atoms with Crippen LogP contribution in [0.25, 0.3) is 0 Å². The summed E-state index contributed by atoms with van der Waals surface area (Å²) in [5, 5.41) is 0. The summed E-state index contributed by atoms with van der Waals surface area (Å²) >= 11 is 0. The van der Waals surface area contributed by atoms with Gasteiger partial charge in [-0.25, -0.2) is 0 Å². The van der Waals surface area contributed by atoms with E-state index < -0.39 is 0 Å². The fourth-order valence-corrected chi connectivity index (χ4v) is 2.01. The van der Waals surface area contributed by atoms with Crippen LogP contribution >= 0.6 is 0 Å². The monoisotopic (exact) mass is 238 g/mol. The SMILES string of the molecule is CC/C=C/CCCCCCCCCCCC=O. The Bertz CT molecular complexity index is 172. The summed E-state index contributed by atoms with van der Waals surface area (Å²) in [6.07, 6.45) is 20.7. The molecule has 0 aromatic carbocycles. The van der Waals surface area contributed by atoms with Crippen molar-refractivity contribution in [2.24, 2.45) is 0 Å². The van der Waals surface area contributed by atoms with Gasteiger partial charge in [0.15, 0.2) is 0 Å². The lowest BCUT2D eigenvalue weighted by Gasteiger charge is -2.01. The van der Waals surface area contributed by atoms with Crippen LogP contribution in [0.5, 0.6) is 0 Å². The third-order valence-electron chi connectivity index (χ3n) is 3.10. The van der Waals surface area contributed by atoms with Gasteiger partial charge in [-0.2, -0.15) is 0 Å². The van der Waals surface area contributed by atoms with Crippen molar-refractivity contribution in [2.75, 3.05) is 0 Å². The molecule has 0 aliphatic carbocycles. The molecule has 0 saturated heterocycles. The van der Waals surface area contributed by atoms with E-state index >= 15 is 0 Å². The Hall–Kier alpha value is -0.590. The number of hydrogen-bond donors (Lipinski definition) is 0. The highest BCUT2D eigenvalue weighted by Gasteiger charge is 1.92. The quantitative estimate of drug-likeness (QED) is 0.237. The van der Waals surface area contributed by atoms with Gasteiger partial charge in [-0.1, -0.05) is 64.0 Å². The molecular formula is C16H30O. The average Bonchev–Trinajstić information content (AvgIpc) is 2.35. The minimum Gasteiger partial charge on any atom is -0.303 e. The van der Waals surface area contributed by atoms with Crippen LogP contribution in [0.4, 0.5) is 0 Å². The average molecular weight is 238 g/mol. The standard InChI is InChI=1S/C16H30O/c1-2-3-4-5-6-7-8-9-10-11-12-13-14-15-16-17/h3-4,16H,2,5-15H2,1H3/b4-3+. The second-order valence-electron chi connectivity index (χ2n) is 4.81. The van der Waals surface area contributed by atoms with E-state index in [2.05, 4.69) is 19.1 Å². The number of aldehydes is 1. The number of rotatable bonds is 13. The molecule has 0 amide bonds. The Morgan fingerprint density at radius 2 is 1.12 bits per heavy atom. The summed E-state index contributed by atoms with van der Waals surface area (Å²) in [5.74, 6) is 0. The second kappa shape index (κ2) is 15.4. The van der Waals surface area contributed by atoms with Gasteiger partial charge in [-0.15, -0.1) is 0 Å². The molecule has 0 aliphatic rings. The topological polar surface area (TPSA) is 17.1 Å². The van der Waals surface area contributed by atoms with Crippen LogP contribution in [-0.4, -0.2) is 6.29 Å². The van der Waals surface area contributed by atoms with E-state index in [0.717, 1.165) is 19.1 Å². The van der Waals surface area contributed by atoms with E-state index in [0.29, 0.717) is 0 Å². The maximum Gasteiger partial charge on any atom is 0.119 e. The third-order valence-corrected chi connectivity index (χ3v) is 3.10. The maximum atomic E-state index is 10.1. The van der Waals surface area contributed by atoms with Crippen LogP contribution in [-0.2, 0) is 4.79 Å². The Morgan fingerprint density at radius 3 is 1.59 bits per heavy atom. The number of carbonyl (C=O) groups is 1. The van der Waals surface area contributed by atoms with Crippen molar-refractivity contribution in [2.45, 2.75) is 84.0 Å². The van der Waals surface area contributed by atoms with Gasteiger partial charge in [0.25, 0.3) is 0 Å². The largest absolute Gasteiger partial charge is 0.303 e. The Labute approximate surface area is 108 Å². The lowest BCUT2D eigenvalue weighted by atomic mass is 10.1. The zero-order valence-corrected chi connectivity index (χ0v) is 11.6. The molecule has 0 aromatic rings. The molecule has 1 nitrogen and oxygen atoms in total. The number of unbranched alkanes of at least 4 members (excludes halogenated alkanes) is 10. The van der Waals surface area contributed by atoms with E-state index in [1.54, 1.807) is 0 Å². The zero-order valence-electron chi connectivity index (χ0n) is 11.6. The molecule has 0 spiro atoms. The lowest BCUT2D eigenvalue weighted by Crippen LogP contribution is -1.82. The molecule has 0 aliphatic heterocycles. The van der Waals surface area contributed by atoms with E-state index in [-0.39, 0.29) is 0 Å². The van der Waals surface area contributed by atoms with Gasteiger partial charge in [0, 0.05) is 6.42 Å². The van der Waals surface area contributed by atoms with E-state index in [1.807, 2.05) is 0 Å². The molecule has 0 rings (SSSR count). The molecule has 1 heteroatoms. The molecule has 0 aromatic heterocycles. The molecule has 0 heterocycles. The molecule has 0 bridgehead atoms. The zero-order chi connectivity index (χ0) is 12.6. The molecule has 100 valence electrons.